The van der Waals surface area contributed by atoms with E-state index in [-0.39, 0.29) is 0 Å². The maximum atomic E-state index is 5.08. The van der Waals surface area contributed by atoms with Gasteiger partial charge in [0.2, 0.25) is 6.79 Å². The molecule has 1 aromatic carbocycles. The minimum Gasteiger partial charge on any atom is -0.454 e. The van der Waals surface area contributed by atoms with Gasteiger partial charge in [0.05, 0.1) is 0 Å². The number of para-hydroxylation sites is 2. The molecule has 3 fully saturated rings. The standard InChI is InChI=1S/C10H20.C9H18.C7H6O2.C5H10.2C5H12/c1-5-10(6-7-10)8-9(2,3)4;1-9(2,3)7-8-5-4-6-8;1-2-4-7-6(3-1)8-5-9-7;1-2-4-5-3-1;2*1-5(2,3)4/h5-8H2,1-4H3;8H,4-7H2,1-3H3;1-4H,5H2;1-5H2;2*1-4H3. The molecule has 0 atom stereocenters. The molecular formula is C41H78O2. The van der Waals surface area contributed by atoms with Crippen molar-refractivity contribution in [2.24, 2.45) is 33.0 Å². The van der Waals surface area contributed by atoms with E-state index >= 15 is 0 Å². The van der Waals surface area contributed by atoms with E-state index in [1.807, 2.05) is 24.3 Å². The molecule has 3 aliphatic carbocycles. The number of rotatable bonds is 3. The molecule has 0 radical (unpaired) electrons. The summed E-state index contributed by atoms with van der Waals surface area (Å²) in [5, 5.41) is 0. The van der Waals surface area contributed by atoms with Crippen LogP contribution in [0.1, 0.15) is 187 Å². The van der Waals surface area contributed by atoms with Gasteiger partial charge in [-0.2, -0.15) is 0 Å². The molecule has 0 unspecified atom stereocenters. The molecule has 43 heavy (non-hydrogen) atoms. The van der Waals surface area contributed by atoms with Crippen LogP contribution in [-0.4, -0.2) is 6.79 Å². The normalized spacial score (nSPS) is 18.3. The van der Waals surface area contributed by atoms with Gasteiger partial charge < -0.3 is 9.47 Å². The van der Waals surface area contributed by atoms with Crippen molar-refractivity contribution in [3.05, 3.63) is 24.3 Å². The molecule has 0 N–H and O–H groups in total. The summed E-state index contributed by atoms with van der Waals surface area (Å²) in [6.07, 6.45) is 19.2. The predicted octanol–water partition coefficient (Wildman–Crippen LogP) is 14.3. The predicted molar refractivity (Wildman–Crippen MR) is 193 cm³/mol. The second kappa shape index (κ2) is 19.4. The van der Waals surface area contributed by atoms with E-state index < -0.39 is 0 Å². The first kappa shape index (κ1) is 41.8. The first-order valence-corrected chi connectivity index (χ1v) is 17.9. The van der Waals surface area contributed by atoms with Crippen molar-refractivity contribution in [1.82, 2.24) is 0 Å². The lowest BCUT2D eigenvalue weighted by Crippen LogP contribution is -2.18. The minimum absolute atomic E-state index is 0.360. The van der Waals surface area contributed by atoms with Crippen LogP contribution >= 0.6 is 0 Å². The molecule has 2 nitrogen and oxygen atoms in total. The quantitative estimate of drug-likeness (QED) is 0.342. The molecule has 254 valence electrons. The fraction of sp³-hybridized carbons (Fsp3) is 0.854. The Balaban J connectivity index is 0.000000506. The number of benzene rings is 1. The van der Waals surface area contributed by atoms with Gasteiger partial charge in [0.25, 0.3) is 0 Å². The molecule has 5 rings (SSSR count). The molecule has 1 heterocycles. The summed E-state index contributed by atoms with van der Waals surface area (Å²) in [7, 11) is 0. The fourth-order valence-corrected chi connectivity index (χ4v) is 5.25. The van der Waals surface area contributed by atoms with Gasteiger partial charge in [-0.1, -0.05) is 174 Å². The molecule has 0 bridgehead atoms. The average Bonchev–Trinajstić information content (AvgIpc) is 3.20. The lowest BCUT2D eigenvalue weighted by atomic mass is 9.74. The summed E-state index contributed by atoms with van der Waals surface area (Å²) in [5.74, 6) is 2.76. The van der Waals surface area contributed by atoms with Gasteiger partial charge in [-0.15, -0.1) is 0 Å². The number of ether oxygens (including phenoxy) is 2. The first-order chi connectivity index (χ1) is 19.5. The molecule has 1 aromatic rings. The van der Waals surface area contributed by atoms with Crippen molar-refractivity contribution in [3.8, 4) is 11.5 Å². The van der Waals surface area contributed by atoms with E-state index in [1.165, 1.54) is 83.5 Å². The lowest BCUT2D eigenvalue weighted by molar-refractivity contribution is 0.174. The number of hydrogen-bond acceptors (Lipinski definition) is 2. The van der Waals surface area contributed by atoms with Crippen LogP contribution in [0.4, 0.5) is 0 Å². The summed E-state index contributed by atoms with van der Waals surface area (Å²) < 4.78 is 10.2. The Hall–Kier alpha value is -1.18. The summed E-state index contributed by atoms with van der Waals surface area (Å²) in [5.41, 5.74) is 2.90. The second-order valence-electron chi connectivity index (χ2n) is 19.3. The Morgan fingerprint density at radius 3 is 1.16 bits per heavy atom. The maximum absolute atomic E-state index is 5.08. The van der Waals surface area contributed by atoms with Gasteiger partial charge in [0.1, 0.15) is 0 Å². The monoisotopic (exact) mass is 603 g/mol. The van der Waals surface area contributed by atoms with Crippen molar-refractivity contribution >= 4 is 0 Å². The van der Waals surface area contributed by atoms with Crippen LogP contribution in [0.2, 0.25) is 0 Å². The molecule has 1 aliphatic heterocycles. The first-order valence-electron chi connectivity index (χ1n) is 17.9. The fourth-order valence-electron chi connectivity index (χ4n) is 5.25. The number of fused-ring (bicyclic) bond motifs is 1. The topological polar surface area (TPSA) is 18.5 Å². The van der Waals surface area contributed by atoms with Crippen molar-refractivity contribution in [2.45, 2.75) is 187 Å². The van der Waals surface area contributed by atoms with Crippen molar-refractivity contribution in [2.75, 3.05) is 6.79 Å². The van der Waals surface area contributed by atoms with Gasteiger partial charge in [-0.25, -0.2) is 0 Å². The zero-order chi connectivity index (χ0) is 33.4. The summed E-state index contributed by atoms with van der Waals surface area (Å²) >= 11 is 0. The highest BCUT2D eigenvalue weighted by molar-refractivity contribution is 5.40. The number of hydrogen-bond donors (Lipinski definition) is 0. The molecular weight excluding hydrogens is 524 g/mol. The third kappa shape index (κ3) is 29.3. The Kier molecular flexibility index (Phi) is 18.8. The smallest absolute Gasteiger partial charge is 0.231 e. The van der Waals surface area contributed by atoms with Crippen LogP contribution in [-0.2, 0) is 0 Å². The SMILES string of the molecule is C1CCCC1.CC(C)(C)C.CC(C)(C)C.CC(C)(C)CC1CCC1.CCC1(CC(C)(C)C)CC1.c1ccc2c(c1)OCO2. The van der Waals surface area contributed by atoms with Crippen LogP contribution in [0.3, 0.4) is 0 Å². The third-order valence-electron chi connectivity index (χ3n) is 7.27. The summed E-state index contributed by atoms with van der Waals surface area (Å²) in [4.78, 5) is 0. The van der Waals surface area contributed by atoms with Crippen molar-refractivity contribution in [1.29, 1.82) is 0 Å². The highest BCUT2D eigenvalue weighted by atomic mass is 16.7. The van der Waals surface area contributed by atoms with E-state index in [2.05, 4.69) is 104 Å². The van der Waals surface area contributed by atoms with Crippen LogP contribution in [0.25, 0.3) is 0 Å². The average molecular weight is 603 g/mol. The van der Waals surface area contributed by atoms with Gasteiger partial charge in [0, 0.05) is 0 Å². The Labute approximate surface area is 271 Å². The minimum atomic E-state index is 0.360. The van der Waals surface area contributed by atoms with Gasteiger partial charge in [0.15, 0.2) is 11.5 Å². The van der Waals surface area contributed by atoms with Gasteiger partial charge in [-0.05, 0) is 70.8 Å². The molecule has 0 spiro atoms. The molecule has 0 saturated heterocycles. The zero-order valence-corrected chi connectivity index (χ0v) is 32.1. The summed E-state index contributed by atoms with van der Waals surface area (Å²) in [6, 6.07) is 7.63. The zero-order valence-electron chi connectivity index (χ0n) is 32.1. The van der Waals surface area contributed by atoms with Crippen LogP contribution in [0, 0.1) is 33.0 Å². The molecule has 0 amide bonds. The van der Waals surface area contributed by atoms with Crippen LogP contribution < -0.4 is 9.47 Å². The second-order valence-corrected chi connectivity index (χ2v) is 19.3. The van der Waals surface area contributed by atoms with Gasteiger partial charge in [-0.3, -0.25) is 0 Å². The largest absolute Gasteiger partial charge is 0.454 e. The highest BCUT2D eigenvalue weighted by Gasteiger charge is 2.42. The van der Waals surface area contributed by atoms with E-state index in [0.717, 1.165) is 22.8 Å². The van der Waals surface area contributed by atoms with E-state index in [1.54, 1.807) is 0 Å². The van der Waals surface area contributed by atoms with Gasteiger partial charge >= 0.3 is 0 Å². The Bertz CT molecular complexity index is 758. The van der Waals surface area contributed by atoms with E-state index in [4.69, 9.17) is 9.47 Å². The van der Waals surface area contributed by atoms with Crippen molar-refractivity contribution < 1.29 is 9.47 Å². The van der Waals surface area contributed by atoms with Crippen LogP contribution in [0.15, 0.2) is 24.3 Å². The van der Waals surface area contributed by atoms with Crippen molar-refractivity contribution in [3.63, 3.8) is 0 Å². The van der Waals surface area contributed by atoms with E-state index in [9.17, 15) is 0 Å². The molecule has 4 aliphatic rings. The maximum Gasteiger partial charge on any atom is 0.231 e. The highest BCUT2D eigenvalue weighted by Crippen LogP contribution is 2.55. The lowest BCUT2D eigenvalue weighted by Gasteiger charge is -2.31. The van der Waals surface area contributed by atoms with E-state index in [0.29, 0.717) is 28.5 Å². The Morgan fingerprint density at radius 1 is 0.605 bits per heavy atom. The third-order valence-corrected chi connectivity index (χ3v) is 7.27. The molecule has 0 aromatic heterocycles. The molecule has 3 saturated carbocycles. The summed E-state index contributed by atoms with van der Waals surface area (Å²) in [6.45, 7) is 34.3. The molecule has 2 heteroatoms. The Morgan fingerprint density at radius 2 is 0.977 bits per heavy atom. The van der Waals surface area contributed by atoms with Crippen LogP contribution in [0.5, 0.6) is 11.5 Å².